The van der Waals surface area contributed by atoms with Crippen LogP contribution in [0.1, 0.15) is 24.5 Å². The third kappa shape index (κ3) is 5.03. The number of aromatic hydroxyl groups is 1. The van der Waals surface area contributed by atoms with Gasteiger partial charge in [-0.2, -0.15) is 12.6 Å². The fraction of sp³-hybridized carbons (Fsp3) is 0.417. The summed E-state index contributed by atoms with van der Waals surface area (Å²) < 4.78 is 5.79. The average molecular weight is 382 g/mol. The number of hydrogen-bond acceptors (Lipinski definition) is 5. The highest BCUT2D eigenvalue weighted by molar-refractivity contribution is 14.1. The molecule has 0 bridgehead atoms. The molecule has 0 radical (unpaired) electrons. The van der Waals surface area contributed by atoms with Crippen LogP contribution in [0, 0.1) is 3.57 Å². The van der Waals surface area contributed by atoms with Crippen LogP contribution in [-0.4, -0.2) is 28.5 Å². The van der Waals surface area contributed by atoms with Gasteiger partial charge in [0.1, 0.15) is 5.75 Å². The van der Waals surface area contributed by atoms with Crippen LogP contribution >= 0.6 is 35.2 Å². The zero-order valence-corrected chi connectivity index (χ0v) is 12.7. The SMILES string of the molecule is O=C(CS)OCCC[C@@H](O)c1cc(I)ccc1O. The van der Waals surface area contributed by atoms with Crippen molar-refractivity contribution in [1.82, 2.24) is 0 Å². The van der Waals surface area contributed by atoms with Gasteiger partial charge in [-0.05, 0) is 53.6 Å². The molecule has 1 atom stereocenters. The van der Waals surface area contributed by atoms with Gasteiger partial charge in [0.05, 0.1) is 18.5 Å². The summed E-state index contributed by atoms with van der Waals surface area (Å²) in [7, 11) is 0. The molecular weight excluding hydrogens is 367 g/mol. The molecule has 0 amide bonds. The van der Waals surface area contributed by atoms with Gasteiger partial charge >= 0.3 is 5.97 Å². The van der Waals surface area contributed by atoms with Gasteiger partial charge in [0.25, 0.3) is 0 Å². The molecule has 0 unspecified atom stereocenters. The minimum absolute atomic E-state index is 0.0558. The van der Waals surface area contributed by atoms with Crippen molar-refractivity contribution < 1.29 is 19.7 Å². The average Bonchev–Trinajstić information content (AvgIpc) is 2.36. The van der Waals surface area contributed by atoms with Crippen LogP contribution in [0.3, 0.4) is 0 Å². The van der Waals surface area contributed by atoms with E-state index in [0.29, 0.717) is 18.4 Å². The van der Waals surface area contributed by atoms with E-state index in [0.717, 1.165) is 3.57 Å². The first kappa shape index (κ1) is 15.6. The molecule has 0 aliphatic heterocycles. The normalized spacial score (nSPS) is 12.2. The van der Waals surface area contributed by atoms with Crippen LogP contribution in [0.2, 0.25) is 0 Å². The van der Waals surface area contributed by atoms with Gasteiger partial charge in [-0.1, -0.05) is 0 Å². The number of rotatable bonds is 6. The number of hydrogen-bond donors (Lipinski definition) is 3. The summed E-state index contributed by atoms with van der Waals surface area (Å²) in [5.41, 5.74) is 0.502. The highest BCUT2D eigenvalue weighted by Gasteiger charge is 2.12. The second kappa shape index (κ2) is 7.85. The van der Waals surface area contributed by atoms with Gasteiger partial charge in [-0.3, -0.25) is 4.79 Å². The van der Waals surface area contributed by atoms with Crippen molar-refractivity contribution in [3.63, 3.8) is 0 Å². The Morgan fingerprint density at radius 1 is 1.50 bits per heavy atom. The van der Waals surface area contributed by atoms with Gasteiger partial charge in [0, 0.05) is 9.13 Å². The molecule has 0 aliphatic carbocycles. The highest BCUT2D eigenvalue weighted by Crippen LogP contribution is 2.28. The van der Waals surface area contributed by atoms with Crippen molar-refractivity contribution in [1.29, 1.82) is 0 Å². The summed E-state index contributed by atoms with van der Waals surface area (Å²) in [6.45, 7) is 0.251. The molecule has 0 saturated carbocycles. The van der Waals surface area contributed by atoms with E-state index in [1.54, 1.807) is 18.2 Å². The number of halogens is 1. The van der Waals surface area contributed by atoms with E-state index in [-0.39, 0.29) is 24.1 Å². The van der Waals surface area contributed by atoms with Gasteiger partial charge in [0.2, 0.25) is 0 Å². The molecule has 4 nitrogen and oxygen atoms in total. The lowest BCUT2D eigenvalue weighted by Gasteiger charge is -2.13. The van der Waals surface area contributed by atoms with Crippen LogP contribution in [0.15, 0.2) is 18.2 Å². The lowest BCUT2D eigenvalue weighted by atomic mass is 10.0. The zero-order valence-electron chi connectivity index (χ0n) is 9.67. The Labute approximate surface area is 125 Å². The van der Waals surface area contributed by atoms with Crippen molar-refractivity contribution in [3.05, 3.63) is 27.3 Å². The topological polar surface area (TPSA) is 66.8 Å². The molecule has 0 spiro atoms. The highest BCUT2D eigenvalue weighted by atomic mass is 127. The Hall–Kier alpha value is -0.470. The predicted molar refractivity (Wildman–Crippen MR) is 79.8 cm³/mol. The quantitative estimate of drug-likeness (QED) is 0.306. The first-order valence-corrected chi connectivity index (χ1v) is 7.18. The smallest absolute Gasteiger partial charge is 0.315 e. The maximum atomic E-state index is 10.8. The Morgan fingerprint density at radius 2 is 2.22 bits per heavy atom. The number of carbonyl (C=O) groups is 1. The summed E-state index contributed by atoms with van der Waals surface area (Å²) in [4.78, 5) is 10.8. The molecule has 0 aromatic heterocycles. The molecular formula is C12H15IO4S. The first-order valence-electron chi connectivity index (χ1n) is 5.47. The third-order valence-electron chi connectivity index (χ3n) is 2.36. The number of ether oxygens (including phenoxy) is 1. The van der Waals surface area contributed by atoms with Gasteiger partial charge < -0.3 is 14.9 Å². The minimum atomic E-state index is -0.755. The van der Waals surface area contributed by atoms with Crippen LogP contribution < -0.4 is 0 Å². The van der Waals surface area contributed by atoms with Gasteiger partial charge in [0.15, 0.2) is 0 Å². The molecule has 0 heterocycles. The number of carbonyl (C=O) groups excluding carboxylic acids is 1. The Bertz CT molecular complexity index is 411. The maximum absolute atomic E-state index is 10.8. The minimum Gasteiger partial charge on any atom is -0.508 e. The van der Waals surface area contributed by atoms with E-state index in [2.05, 4.69) is 35.2 Å². The third-order valence-corrected chi connectivity index (χ3v) is 3.29. The fourth-order valence-electron chi connectivity index (χ4n) is 1.46. The number of aliphatic hydroxyl groups is 1. The Balaban J connectivity index is 2.43. The number of esters is 1. The molecule has 2 N–H and O–H groups in total. The van der Waals surface area contributed by atoms with E-state index in [1.807, 2.05) is 0 Å². The predicted octanol–water partition coefficient (Wildman–Crippen LogP) is 2.28. The molecule has 18 heavy (non-hydrogen) atoms. The number of aliphatic hydroxyl groups excluding tert-OH is 1. The van der Waals surface area contributed by atoms with Crippen LogP contribution in [0.25, 0.3) is 0 Å². The summed E-state index contributed by atoms with van der Waals surface area (Å²) in [5.74, 6) is -0.236. The van der Waals surface area contributed by atoms with E-state index >= 15 is 0 Å². The van der Waals surface area contributed by atoms with E-state index in [4.69, 9.17) is 4.74 Å². The molecule has 1 aromatic rings. The fourth-order valence-corrected chi connectivity index (χ4v) is 2.06. The molecule has 6 heteroatoms. The van der Waals surface area contributed by atoms with E-state index in [9.17, 15) is 15.0 Å². The molecule has 1 aromatic carbocycles. The van der Waals surface area contributed by atoms with Crippen LogP contribution in [0.5, 0.6) is 5.75 Å². The molecule has 0 fully saturated rings. The summed E-state index contributed by atoms with van der Waals surface area (Å²) in [6, 6.07) is 5.06. The molecule has 0 aliphatic rings. The first-order chi connectivity index (χ1) is 8.54. The van der Waals surface area contributed by atoms with E-state index in [1.165, 1.54) is 0 Å². The van der Waals surface area contributed by atoms with Gasteiger partial charge in [-0.25, -0.2) is 0 Å². The lowest BCUT2D eigenvalue weighted by molar-refractivity contribution is -0.140. The Kier molecular flexibility index (Phi) is 6.80. The van der Waals surface area contributed by atoms with E-state index < -0.39 is 6.10 Å². The maximum Gasteiger partial charge on any atom is 0.315 e. The van der Waals surface area contributed by atoms with Crippen LogP contribution in [-0.2, 0) is 9.53 Å². The lowest BCUT2D eigenvalue weighted by Crippen LogP contribution is -2.08. The zero-order chi connectivity index (χ0) is 13.5. The number of thiol groups is 1. The van der Waals surface area contributed by atoms with Crippen molar-refractivity contribution >= 4 is 41.2 Å². The van der Waals surface area contributed by atoms with Crippen molar-refractivity contribution in [3.8, 4) is 5.75 Å². The second-order valence-corrected chi connectivity index (χ2v) is 5.30. The van der Waals surface area contributed by atoms with Crippen molar-refractivity contribution in [2.24, 2.45) is 0 Å². The van der Waals surface area contributed by atoms with Crippen LogP contribution in [0.4, 0.5) is 0 Å². The van der Waals surface area contributed by atoms with Crippen molar-refractivity contribution in [2.75, 3.05) is 12.4 Å². The summed E-state index contributed by atoms with van der Waals surface area (Å²) in [6.07, 6.45) is 0.202. The number of benzene rings is 1. The molecule has 1 rings (SSSR count). The van der Waals surface area contributed by atoms with Gasteiger partial charge in [-0.15, -0.1) is 0 Å². The standard InChI is InChI=1S/C12H15IO4S/c13-8-3-4-11(15)9(6-8)10(14)2-1-5-17-12(16)7-18/h3-4,6,10,14-15,18H,1-2,5,7H2/t10-/m1/s1. The number of phenolic OH excluding ortho intramolecular Hbond substituents is 1. The second-order valence-electron chi connectivity index (χ2n) is 3.74. The summed E-state index contributed by atoms with van der Waals surface area (Å²) in [5, 5.41) is 19.6. The monoisotopic (exact) mass is 382 g/mol. The number of phenols is 1. The molecule has 100 valence electrons. The van der Waals surface area contributed by atoms with Crippen molar-refractivity contribution in [2.45, 2.75) is 18.9 Å². The molecule has 0 saturated heterocycles. The Morgan fingerprint density at radius 3 is 2.89 bits per heavy atom. The largest absolute Gasteiger partial charge is 0.508 e. The summed E-state index contributed by atoms with van der Waals surface area (Å²) >= 11 is 5.90.